The van der Waals surface area contributed by atoms with Gasteiger partial charge in [-0.1, -0.05) is 47.3 Å². The zero-order chi connectivity index (χ0) is 16.2. The average molecular weight is 328 g/mol. The van der Waals surface area contributed by atoms with Crippen molar-refractivity contribution in [3.05, 3.63) is 60.1 Å². The van der Waals surface area contributed by atoms with E-state index in [4.69, 9.17) is 4.52 Å². The molecule has 0 bridgehead atoms. The van der Waals surface area contributed by atoms with Crippen LogP contribution in [0.4, 0.5) is 5.82 Å². The summed E-state index contributed by atoms with van der Waals surface area (Å²) >= 11 is 1.39. The fourth-order valence-corrected chi connectivity index (χ4v) is 3.11. The first-order chi connectivity index (χ1) is 11.1. The fraction of sp³-hybridized carbons (Fsp3) is 0.188. The Morgan fingerprint density at radius 2 is 2.13 bits per heavy atom. The van der Waals surface area contributed by atoms with Gasteiger partial charge in [0.2, 0.25) is 5.91 Å². The molecule has 0 aliphatic rings. The van der Waals surface area contributed by atoms with Crippen molar-refractivity contribution < 1.29 is 9.32 Å². The Balaban J connectivity index is 1.85. The highest BCUT2D eigenvalue weighted by Gasteiger charge is 2.24. The summed E-state index contributed by atoms with van der Waals surface area (Å²) in [5.74, 6) is 0.889. The molecular weight excluding hydrogens is 312 g/mol. The van der Waals surface area contributed by atoms with Crippen LogP contribution in [0.25, 0.3) is 0 Å². The summed E-state index contributed by atoms with van der Waals surface area (Å²) in [4.78, 5) is 17.0. The Morgan fingerprint density at radius 1 is 1.35 bits per heavy atom. The van der Waals surface area contributed by atoms with Gasteiger partial charge >= 0.3 is 0 Å². The molecule has 23 heavy (non-hydrogen) atoms. The molecule has 0 saturated carbocycles. The van der Waals surface area contributed by atoms with Crippen molar-refractivity contribution in [3.8, 4) is 0 Å². The van der Waals surface area contributed by atoms with E-state index in [2.05, 4.69) is 15.5 Å². The van der Waals surface area contributed by atoms with Crippen molar-refractivity contribution >= 4 is 23.5 Å². The molecule has 0 radical (unpaired) electrons. The van der Waals surface area contributed by atoms with Crippen LogP contribution in [0.1, 0.15) is 16.6 Å². The highest BCUT2D eigenvalue weighted by Crippen LogP contribution is 2.35. The molecule has 1 amide bonds. The summed E-state index contributed by atoms with van der Waals surface area (Å²) in [5.41, 5.74) is 0.901. The van der Waals surface area contributed by atoms with Crippen LogP contribution in [0, 0.1) is 6.92 Å². The minimum absolute atomic E-state index is 0.169. The summed E-state index contributed by atoms with van der Waals surface area (Å²) in [6.07, 6.45) is 3.56. The molecule has 3 aromatic rings. The number of nitrogens with zero attached hydrogens (tertiary/aromatic N) is 3. The maximum Gasteiger partial charge on any atom is 0.243 e. The number of carbonyl (C=O) groups is 1. The Labute approximate surface area is 137 Å². The van der Waals surface area contributed by atoms with Crippen molar-refractivity contribution in [2.24, 2.45) is 7.05 Å². The lowest BCUT2D eigenvalue weighted by Crippen LogP contribution is -2.19. The van der Waals surface area contributed by atoms with Crippen LogP contribution < -0.4 is 5.32 Å². The van der Waals surface area contributed by atoms with E-state index in [9.17, 15) is 4.79 Å². The summed E-state index contributed by atoms with van der Waals surface area (Å²) in [6, 6.07) is 11.3. The van der Waals surface area contributed by atoms with Gasteiger partial charge in [0.25, 0.3) is 0 Å². The van der Waals surface area contributed by atoms with Gasteiger partial charge in [0.05, 0.1) is 0 Å². The molecule has 0 spiro atoms. The Morgan fingerprint density at radius 3 is 2.74 bits per heavy atom. The molecule has 118 valence electrons. The highest BCUT2D eigenvalue weighted by atomic mass is 32.2. The van der Waals surface area contributed by atoms with E-state index in [0.29, 0.717) is 11.6 Å². The number of thioether (sulfide) groups is 1. The zero-order valence-electron chi connectivity index (χ0n) is 12.8. The third-order valence-electron chi connectivity index (χ3n) is 3.22. The third kappa shape index (κ3) is 3.62. The second kappa shape index (κ2) is 6.70. The molecule has 2 aromatic heterocycles. The van der Waals surface area contributed by atoms with Gasteiger partial charge in [-0.2, -0.15) is 0 Å². The number of hydrogen-bond acceptors (Lipinski definition) is 5. The van der Waals surface area contributed by atoms with E-state index in [-0.39, 0.29) is 5.91 Å². The van der Waals surface area contributed by atoms with Gasteiger partial charge in [-0.25, -0.2) is 4.98 Å². The van der Waals surface area contributed by atoms with E-state index in [0.717, 1.165) is 10.7 Å². The second-order valence-corrected chi connectivity index (χ2v) is 6.11. The van der Waals surface area contributed by atoms with Gasteiger partial charge < -0.3 is 14.4 Å². The summed E-state index contributed by atoms with van der Waals surface area (Å²) < 4.78 is 6.87. The quantitative estimate of drug-likeness (QED) is 0.728. The molecule has 2 heterocycles. The first-order valence-corrected chi connectivity index (χ1v) is 7.94. The Hall–Kier alpha value is -2.54. The summed E-state index contributed by atoms with van der Waals surface area (Å²) in [6.45, 7) is 1.78. The topological polar surface area (TPSA) is 73.0 Å². The van der Waals surface area contributed by atoms with Crippen molar-refractivity contribution in [2.45, 2.75) is 17.3 Å². The van der Waals surface area contributed by atoms with Crippen LogP contribution in [0.3, 0.4) is 0 Å². The van der Waals surface area contributed by atoms with Crippen LogP contribution in [0.2, 0.25) is 0 Å². The number of rotatable bonds is 5. The van der Waals surface area contributed by atoms with Gasteiger partial charge in [0, 0.05) is 25.5 Å². The maximum absolute atomic E-state index is 12.7. The summed E-state index contributed by atoms with van der Waals surface area (Å²) in [7, 11) is 1.90. The lowest BCUT2D eigenvalue weighted by atomic mass is 10.1. The molecule has 6 nitrogen and oxygen atoms in total. The van der Waals surface area contributed by atoms with Crippen LogP contribution >= 0.6 is 11.8 Å². The highest BCUT2D eigenvalue weighted by molar-refractivity contribution is 8.00. The number of nitrogens with one attached hydrogen (secondary N) is 1. The fourth-order valence-electron chi connectivity index (χ4n) is 2.09. The van der Waals surface area contributed by atoms with Crippen molar-refractivity contribution in [3.63, 3.8) is 0 Å². The van der Waals surface area contributed by atoms with Crippen molar-refractivity contribution in [1.29, 1.82) is 0 Å². The molecule has 0 aliphatic carbocycles. The van der Waals surface area contributed by atoms with Crippen LogP contribution in [-0.4, -0.2) is 20.6 Å². The molecular formula is C16H16N4O2S. The van der Waals surface area contributed by atoms with E-state index < -0.39 is 5.25 Å². The minimum Gasteiger partial charge on any atom is -0.360 e. The second-order valence-electron chi connectivity index (χ2n) is 5.04. The van der Waals surface area contributed by atoms with Crippen LogP contribution in [0.5, 0.6) is 0 Å². The zero-order valence-corrected chi connectivity index (χ0v) is 13.6. The number of benzene rings is 1. The number of imidazole rings is 1. The van der Waals surface area contributed by atoms with Gasteiger partial charge in [-0.3, -0.25) is 4.79 Å². The minimum atomic E-state index is -0.436. The smallest absolute Gasteiger partial charge is 0.243 e. The standard InChI is InChI=1S/C16H16N4O2S/c1-11-10-13(19-22-11)18-15(21)14(12-6-4-3-5-7-12)23-16-17-8-9-20(16)2/h3-10,14H,1-2H3,(H,18,19,21). The molecule has 0 saturated heterocycles. The SMILES string of the molecule is Cc1cc(NC(=O)C(Sc2nccn2C)c2ccccc2)no1. The predicted octanol–water partition coefficient (Wildman–Crippen LogP) is 3.19. The van der Waals surface area contributed by atoms with Gasteiger partial charge in [0.1, 0.15) is 11.0 Å². The molecule has 1 aromatic carbocycles. The molecule has 1 unspecified atom stereocenters. The number of aryl methyl sites for hydroxylation is 2. The third-order valence-corrected chi connectivity index (χ3v) is 4.55. The van der Waals surface area contributed by atoms with E-state index >= 15 is 0 Å². The van der Waals surface area contributed by atoms with Crippen LogP contribution in [-0.2, 0) is 11.8 Å². The normalized spacial score (nSPS) is 12.1. The Bertz CT molecular complexity index is 797. The molecule has 0 aliphatic heterocycles. The summed E-state index contributed by atoms with van der Waals surface area (Å²) in [5, 5.41) is 6.93. The molecule has 1 N–H and O–H groups in total. The van der Waals surface area contributed by atoms with E-state index in [1.54, 1.807) is 19.2 Å². The first kappa shape index (κ1) is 15.4. The van der Waals surface area contributed by atoms with Gasteiger partial charge in [-0.05, 0) is 12.5 Å². The molecule has 7 heteroatoms. The lowest BCUT2D eigenvalue weighted by Gasteiger charge is -2.15. The number of carbonyl (C=O) groups excluding carboxylic acids is 1. The molecule has 0 fully saturated rings. The van der Waals surface area contributed by atoms with Crippen molar-refractivity contribution in [2.75, 3.05) is 5.32 Å². The average Bonchev–Trinajstić information content (AvgIpc) is 3.14. The van der Waals surface area contributed by atoms with Crippen molar-refractivity contribution in [1.82, 2.24) is 14.7 Å². The molecule has 3 rings (SSSR count). The lowest BCUT2D eigenvalue weighted by molar-refractivity contribution is -0.115. The predicted molar refractivity (Wildman–Crippen MR) is 88.1 cm³/mol. The number of aromatic nitrogens is 3. The number of amides is 1. The van der Waals surface area contributed by atoms with E-state index in [1.807, 2.05) is 48.1 Å². The Kier molecular flexibility index (Phi) is 4.47. The van der Waals surface area contributed by atoms with E-state index in [1.165, 1.54) is 11.8 Å². The number of anilines is 1. The number of hydrogen-bond donors (Lipinski definition) is 1. The first-order valence-electron chi connectivity index (χ1n) is 7.06. The monoisotopic (exact) mass is 328 g/mol. The molecule has 1 atom stereocenters. The maximum atomic E-state index is 12.7. The van der Waals surface area contributed by atoms with Gasteiger partial charge in [0.15, 0.2) is 11.0 Å². The van der Waals surface area contributed by atoms with Crippen LogP contribution in [0.15, 0.2) is 58.5 Å². The largest absolute Gasteiger partial charge is 0.360 e. The van der Waals surface area contributed by atoms with Gasteiger partial charge in [-0.15, -0.1) is 0 Å².